The van der Waals surface area contributed by atoms with E-state index in [4.69, 9.17) is 14.5 Å². The second kappa shape index (κ2) is 14.2. The number of aliphatic hydroxyl groups excluding tert-OH is 2. The molecule has 1 aliphatic rings. The van der Waals surface area contributed by atoms with Gasteiger partial charge >= 0.3 is 13.6 Å². The molecular formula is C34H37N2O7P. The number of hydrogen-bond donors (Lipinski definition) is 4. The Morgan fingerprint density at radius 2 is 0.977 bits per heavy atom. The van der Waals surface area contributed by atoms with Gasteiger partial charge in [0.2, 0.25) is 0 Å². The predicted octanol–water partition coefficient (Wildman–Crippen LogP) is 4.58. The Kier molecular flexibility index (Phi) is 10.1. The minimum Gasteiger partial charge on any atom is -0.481 e. The van der Waals surface area contributed by atoms with Gasteiger partial charge in [-0.3, -0.25) is 4.57 Å². The Hall–Kier alpha value is -3.98. The van der Waals surface area contributed by atoms with Gasteiger partial charge in [-0.25, -0.2) is 4.79 Å². The Balaban J connectivity index is 1.51. The number of rotatable bonds is 11. The van der Waals surface area contributed by atoms with E-state index in [0.717, 1.165) is 22.3 Å². The molecule has 0 spiro atoms. The van der Waals surface area contributed by atoms with E-state index in [0.29, 0.717) is 6.42 Å². The van der Waals surface area contributed by atoms with Crippen molar-refractivity contribution >= 4 is 13.6 Å². The summed E-state index contributed by atoms with van der Waals surface area (Å²) in [4.78, 5) is 36.2. The van der Waals surface area contributed by atoms with Crippen molar-refractivity contribution in [3.8, 4) is 5.75 Å². The van der Waals surface area contributed by atoms with Crippen molar-refractivity contribution in [3.05, 3.63) is 138 Å². The van der Waals surface area contributed by atoms with Crippen LogP contribution in [-0.2, 0) is 30.5 Å². The highest BCUT2D eigenvalue weighted by atomic mass is 31.2. The first-order valence-corrected chi connectivity index (χ1v) is 16.3. The van der Waals surface area contributed by atoms with Gasteiger partial charge in [-0.2, -0.15) is 0 Å². The molecule has 0 aromatic heterocycles. The van der Waals surface area contributed by atoms with Crippen molar-refractivity contribution in [2.75, 3.05) is 6.35 Å². The van der Waals surface area contributed by atoms with E-state index in [1.54, 1.807) is 34.1 Å². The number of carbonyl (C=O) groups excluding carboxylic acids is 1. The van der Waals surface area contributed by atoms with Gasteiger partial charge in [0.05, 0.1) is 12.1 Å². The summed E-state index contributed by atoms with van der Waals surface area (Å²) in [7, 11) is -4.34. The van der Waals surface area contributed by atoms with Crippen LogP contribution in [-0.4, -0.2) is 66.5 Å². The highest BCUT2D eigenvalue weighted by Crippen LogP contribution is 2.35. The Morgan fingerprint density at radius 1 is 0.591 bits per heavy atom. The van der Waals surface area contributed by atoms with Crippen LogP contribution in [0.3, 0.4) is 0 Å². The average molecular weight is 617 g/mol. The van der Waals surface area contributed by atoms with Crippen LogP contribution >= 0.6 is 7.60 Å². The van der Waals surface area contributed by atoms with Crippen LogP contribution in [0.25, 0.3) is 0 Å². The zero-order valence-electron chi connectivity index (χ0n) is 24.2. The van der Waals surface area contributed by atoms with Crippen LogP contribution in [0.2, 0.25) is 0 Å². The van der Waals surface area contributed by atoms with Crippen LogP contribution in [0.4, 0.5) is 4.79 Å². The molecule has 0 radical (unpaired) electrons. The third kappa shape index (κ3) is 8.14. The molecule has 1 aliphatic heterocycles. The Bertz CT molecular complexity index is 1530. The van der Waals surface area contributed by atoms with Gasteiger partial charge < -0.3 is 34.5 Å². The van der Waals surface area contributed by atoms with Gasteiger partial charge in [0, 0.05) is 13.1 Å². The first-order chi connectivity index (χ1) is 21.2. The molecule has 4 N–H and O–H groups in total. The smallest absolute Gasteiger partial charge is 0.362 e. The molecule has 44 heavy (non-hydrogen) atoms. The minimum atomic E-state index is -4.34. The zero-order chi connectivity index (χ0) is 31.1. The summed E-state index contributed by atoms with van der Waals surface area (Å²) < 4.78 is 16.4. The summed E-state index contributed by atoms with van der Waals surface area (Å²) in [5.74, 6) is 0.285. The van der Waals surface area contributed by atoms with Crippen LogP contribution < -0.4 is 4.74 Å². The summed E-state index contributed by atoms with van der Waals surface area (Å²) in [5, 5.41) is 23.6. The SMILES string of the molecule is O=C1N(Cc2ccccc2)[C@H](Cc2ccccc2)[C@H](O)[C@@H](O)[C@@H](Cc2ccc(OCP(=O)(O)O)cc2)N1Cc1ccccc1. The van der Waals surface area contributed by atoms with Crippen LogP contribution in [0, 0.1) is 0 Å². The number of urea groups is 1. The number of benzene rings is 4. The lowest BCUT2D eigenvalue weighted by atomic mass is 9.91. The molecule has 2 amide bonds. The van der Waals surface area contributed by atoms with E-state index in [1.165, 1.54) is 0 Å². The molecule has 1 heterocycles. The molecule has 1 fully saturated rings. The maximum atomic E-state index is 14.6. The van der Waals surface area contributed by atoms with Gasteiger partial charge in [0.25, 0.3) is 0 Å². The largest absolute Gasteiger partial charge is 0.481 e. The molecule has 4 aromatic carbocycles. The van der Waals surface area contributed by atoms with Crippen molar-refractivity contribution in [1.29, 1.82) is 0 Å². The fourth-order valence-electron chi connectivity index (χ4n) is 5.64. The molecule has 4 aromatic rings. The van der Waals surface area contributed by atoms with Crippen LogP contribution in [0.5, 0.6) is 5.75 Å². The lowest BCUT2D eigenvalue weighted by Gasteiger charge is -2.36. The van der Waals surface area contributed by atoms with Gasteiger partial charge in [0.15, 0.2) is 6.35 Å². The second-order valence-corrected chi connectivity index (χ2v) is 12.7. The maximum absolute atomic E-state index is 14.6. The number of amides is 2. The van der Waals surface area contributed by atoms with Crippen molar-refractivity contribution in [2.45, 2.75) is 50.2 Å². The van der Waals surface area contributed by atoms with Crippen molar-refractivity contribution in [1.82, 2.24) is 9.80 Å². The third-order valence-electron chi connectivity index (χ3n) is 7.88. The summed E-state index contributed by atoms with van der Waals surface area (Å²) >= 11 is 0. The highest BCUT2D eigenvalue weighted by Gasteiger charge is 2.46. The predicted molar refractivity (Wildman–Crippen MR) is 167 cm³/mol. The summed E-state index contributed by atoms with van der Waals surface area (Å²) in [6.45, 7) is 0.478. The second-order valence-electron chi connectivity index (χ2n) is 11.1. The van der Waals surface area contributed by atoms with E-state index in [2.05, 4.69) is 0 Å². The van der Waals surface area contributed by atoms with E-state index < -0.39 is 38.2 Å². The fraction of sp³-hybridized carbons (Fsp3) is 0.265. The number of nitrogens with zero attached hydrogens (tertiary/aromatic N) is 2. The van der Waals surface area contributed by atoms with E-state index >= 15 is 0 Å². The van der Waals surface area contributed by atoms with Crippen molar-refractivity contribution in [3.63, 3.8) is 0 Å². The molecule has 5 rings (SSSR count). The normalized spacial score (nSPS) is 20.8. The van der Waals surface area contributed by atoms with Crippen LogP contribution in [0.15, 0.2) is 115 Å². The van der Waals surface area contributed by atoms with Crippen LogP contribution in [0.1, 0.15) is 22.3 Å². The molecule has 9 nitrogen and oxygen atoms in total. The standard InChI is InChI=1S/C34H37N2O7P/c37-32-30(20-25-10-4-1-5-11-25)35(22-27-12-6-2-7-13-27)34(39)36(23-28-14-8-3-9-15-28)31(33(32)38)21-26-16-18-29(19-17-26)43-24-44(40,41)42/h1-19,30-33,37-38H,20-24H2,(H2,40,41,42)/t30-,31-,32+,33+/m1/s1. The van der Waals surface area contributed by atoms with Crippen molar-refractivity contribution < 1.29 is 34.1 Å². The van der Waals surface area contributed by atoms with E-state index in [-0.39, 0.29) is 31.3 Å². The Morgan fingerprint density at radius 3 is 1.39 bits per heavy atom. The van der Waals surface area contributed by atoms with Crippen molar-refractivity contribution in [2.24, 2.45) is 0 Å². The lowest BCUT2D eigenvalue weighted by molar-refractivity contribution is -0.0408. The van der Waals surface area contributed by atoms with Gasteiger partial charge in [0.1, 0.15) is 18.0 Å². The molecule has 230 valence electrons. The highest BCUT2D eigenvalue weighted by molar-refractivity contribution is 7.51. The van der Waals surface area contributed by atoms with Gasteiger partial charge in [-0.05, 0) is 47.2 Å². The van der Waals surface area contributed by atoms with Gasteiger partial charge in [-0.15, -0.1) is 0 Å². The molecule has 1 saturated heterocycles. The molecule has 0 bridgehead atoms. The molecule has 4 atom stereocenters. The topological polar surface area (TPSA) is 131 Å². The quantitative estimate of drug-likeness (QED) is 0.182. The monoisotopic (exact) mass is 616 g/mol. The first kappa shape index (κ1) is 31.4. The number of carbonyl (C=O) groups is 1. The van der Waals surface area contributed by atoms with Gasteiger partial charge in [-0.1, -0.05) is 103 Å². The molecule has 0 aliphatic carbocycles. The average Bonchev–Trinajstić information content (AvgIpc) is 3.09. The molecule has 0 unspecified atom stereocenters. The maximum Gasteiger partial charge on any atom is 0.362 e. The summed E-state index contributed by atoms with van der Waals surface area (Å²) in [6, 6.07) is 33.7. The molecule has 10 heteroatoms. The fourth-order valence-corrected chi connectivity index (χ4v) is 5.96. The number of hydrogen-bond acceptors (Lipinski definition) is 5. The minimum absolute atomic E-state index is 0.223. The Labute approximate surface area is 257 Å². The molecular weight excluding hydrogens is 579 g/mol. The number of aliphatic hydroxyl groups is 2. The summed E-state index contributed by atoms with van der Waals surface area (Å²) in [6.07, 6.45) is -2.68. The van der Waals surface area contributed by atoms with E-state index in [9.17, 15) is 19.6 Å². The van der Waals surface area contributed by atoms with E-state index in [1.807, 2.05) is 91.0 Å². The number of ether oxygens (including phenoxy) is 1. The zero-order valence-corrected chi connectivity index (χ0v) is 25.1. The summed E-state index contributed by atoms with van der Waals surface area (Å²) in [5.41, 5.74) is 3.49. The molecule has 0 saturated carbocycles. The lowest BCUT2D eigenvalue weighted by Crippen LogP contribution is -2.50. The first-order valence-electron chi connectivity index (χ1n) is 14.5. The third-order valence-corrected chi connectivity index (χ3v) is 8.34.